The van der Waals surface area contributed by atoms with Gasteiger partial charge in [-0.05, 0) is 31.0 Å². The number of nitrogens with one attached hydrogen (secondary N) is 2. The van der Waals surface area contributed by atoms with Gasteiger partial charge < -0.3 is 15.7 Å². The Bertz CT molecular complexity index is 564. The van der Waals surface area contributed by atoms with Gasteiger partial charge in [0.2, 0.25) is 0 Å². The van der Waals surface area contributed by atoms with Crippen molar-refractivity contribution in [1.82, 2.24) is 5.32 Å². The normalized spacial score (nSPS) is 14.8. The van der Waals surface area contributed by atoms with Crippen LogP contribution in [0.3, 0.4) is 0 Å². The number of carbonyl (C=O) groups excluding carboxylic acids is 2. The number of rotatable bonds is 5. The predicted octanol–water partition coefficient (Wildman–Crippen LogP) is 2.33. The molecule has 2 atom stereocenters. The Balaban J connectivity index is 2.61. The summed E-state index contributed by atoms with van der Waals surface area (Å²) < 4.78 is 12.9. The summed E-state index contributed by atoms with van der Waals surface area (Å²) >= 11 is 5.76. The lowest BCUT2D eigenvalue weighted by Gasteiger charge is -2.29. The van der Waals surface area contributed by atoms with Crippen LogP contribution in [-0.2, 0) is 9.59 Å². The van der Waals surface area contributed by atoms with Crippen LogP contribution in [0.15, 0.2) is 18.2 Å². The molecule has 5 nitrogen and oxygen atoms in total. The van der Waals surface area contributed by atoms with Crippen molar-refractivity contribution >= 4 is 29.1 Å². The van der Waals surface area contributed by atoms with Crippen LogP contribution in [0.1, 0.15) is 27.2 Å². The Morgan fingerprint density at radius 2 is 2.05 bits per heavy atom. The summed E-state index contributed by atoms with van der Waals surface area (Å²) in [6.45, 7) is 5.32. The van der Waals surface area contributed by atoms with Crippen molar-refractivity contribution in [2.75, 3.05) is 11.9 Å². The van der Waals surface area contributed by atoms with Crippen LogP contribution in [-0.4, -0.2) is 29.1 Å². The van der Waals surface area contributed by atoms with E-state index in [9.17, 15) is 19.1 Å². The van der Waals surface area contributed by atoms with Gasteiger partial charge >= 0.3 is 11.8 Å². The van der Waals surface area contributed by atoms with Gasteiger partial charge in [0.15, 0.2) is 0 Å². The van der Waals surface area contributed by atoms with E-state index >= 15 is 0 Å². The zero-order valence-electron chi connectivity index (χ0n) is 12.7. The molecule has 0 saturated carbocycles. The molecule has 0 spiro atoms. The van der Waals surface area contributed by atoms with Crippen LogP contribution in [0.2, 0.25) is 5.02 Å². The number of hydrogen-bond acceptors (Lipinski definition) is 3. The summed E-state index contributed by atoms with van der Waals surface area (Å²) in [5.41, 5.74) is -0.977. The van der Waals surface area contributed by atoms with Crippen molar-refractivity contribution in [3.8, 4) is 0 Å². The van der Waals surface area contributed by atoms with Gasteiger partial charge in [0.25, 0.3) is 0 Å². The van der Waals surface area contributed by atoms with Crippen LogP contribution < -0.4 is 10.6 Å². The number of hydrogen-bond donors (Lipinski definition) is 3. The molecule has 2 amide bonds. The average molecular weight is 331 g/mol. The molecule has 0 bridgehead atoms. The third-order valence-electron chi connectivity index (χ3n) is 3.67. The molecule has 7 heteroatoms. The van der Waals surface area contributed by atoms with Gasteiger partial charge in [0.1, 0.15) is 5.82 Å². The third kappa shape index (κ3) is 4.96. The zero-order chi connectivity index (χ0) is 16.9. The van der Waals surface area contributed by atoms with Crippen molar-refractivity contribution in [2.45, 2.75) is 32.8 Å². The lowest BCUT2D eigenvalue weighted by Crippen LogP contribution is -2.47. The highest BCUT2D eigenvalue weighted by atomic mass is 35.5. The minimum absolute atomic E-state index is 0.00671. The first kappa shape index (κ1) is 18.4. The second-order valence-electron chi connectivity index (χ2n) is 5.43. The minimum Gasteiger partial charge on any atom is -0.388 e. The molecule has 0 aliphatic carbocycles. The quantitative estimate of drug-likeness (QED) is 0.725. The second kappa shape index (κ2) is 7.56. The van der Waals surface area contributed by atoms with Crippen LogP contribution in [0.4, 0.5) is 10.1 Å². The lowest BCUT2D eigenvalue weighted by atomic mass is 9.89. The maximum absolute atomic E-state index is 12.9. The Labute approximate surface area is 133 Å². The number of anilines is 1. The number of halogens is 2. The monoisotopic (exact) mass is 330 g/mol. The first-order valence-corrected chi connectivity index (χ1v) is 7.31. The van der Waals surface area contributed by atoms with Gasteiger partial charge in [0, 0.05) is 6.54 Å². The fourth-order valence-electron chi connectivity index (χ4n) is 1.72. The van der Waals surface area contributed by atoms with Gasteiger partial charge in [-0.1, -0.05) is 31.9 Å². The lowest BCUT2D eigenvalue weighted by molar-refractivity contribution is -0.137. The van der Waals surface area contributed by atoms with Crippen molar-refractivity contribution in [3.05, 3.63) is 29.0 Å². The summed E-state index contributed by atoms with van der Waals surface area (Å²) in [7, 11) is 0. The largest absolute Gasteiger partial charge is 0.388 e. The SMILES string of the molecule is CC[C@@H](C)[C@@](C)(O)CNC(=O)C(=O)Nc1ccc(F)cc1Cl. The van der Waals surface area contributed by atoms with E-state index in [2.05, 4.69) is 10.6 Å². The Morgan fingerprint density at radius 1 is 1.41 bits per heavy atom. The van der Waals surface area contributed by atoms with E-state index < -0.39 is 23.2 Å². The van der Waals surface area contributed by atoms with E-state index in [0.29, 0.717) is 0 Å². The summed E-state index contributed by atoms with van der Waals surface area (Å²) in [5.74, 6) is -2.42. The Morgan fingerprint density at radius 3 is 2.59 bits per heavy atom. The van der Waals surface area contributed by atoms with Crippen LogP contribution in [0.5, 0.6) is 0 Å². The molecule has 1 rings (SSSR count). The Hall–Kier alpha value is -1.66. The number of aliphatic hydroxyl groups is 1. The summed E-state index contributed by atoms with van der Waals surface area (Å²) in [5, 5.41) is 14.8. The summed E-state index contributed by atoms with van der Waals surface area (Å²) in [4.78, 5) is 23.5. The van der Waals surface area contributed by atoms with E-state index in [4.69, 9.17) is 11.6 Å². The molecule has 0 radical (unpaired) electrons. The molecule has 0 fully saturated rings. The van der Waals surface area contributed by atoms with Gasteiger partial charge in [-0.2, -0.15) is 0 Å². The summed E-state index contributed by atoms with van der Waals surface area (Å²) in [6, 6.07) is 3.41. The second-order valence-corrected chi connectivity index (χ2v) is 5.83. The highest BCUT2D eigenvalue weighted by Gasteiger charge is 2.28. The Kier molecular flexibility index (Phi) is 6.32. The van der Waals surface area contributed by atoms with E-state index in [0.717, 1.165) is 18.6 Å². The highest BCUT2D eigenvalue weighted by molar-refractivity contribution is 6.41. The number of amides is 2. The van der Waals surface area contributed by atoms with Crippen LogP contribution in [0, 0.1) is 11.7 Å². The molecular weight excluding hydrogens is 311 g/mol. The topological polar surface area (TPSA) is 78.4 Å². The third-order valence-corrected chi connectivity index (χ3v) is 3.98. The van der Waals surface area contributed by atoms with Crippen molar-refractivity contribution in [2.24, 2.45) is 5.92 Å². The molecule has 0 aliphatic rings. The molecule has 0 aromatic heterocycles. The molecule has 1 aromatic rings. The van der Waals surface area contributed by atoms with Crippen molar-refractivity contribution in [1.29, 1.82) is 0 Å². The smallest absolute Gasteiger partial charge is 0.313 e. The molecule has 22 heavy (non-hydrogen) atoms. The first-order chi connectivity index (χ1) is 10.2. The summed E-state index contributed by atoms with van der Waals surface area (Å²) in [6.07, 6.45) is 0.736. The van der Waals surface area contributed by atoms with Gasteiger partial charge in [-0.3, -0.25) is 9.59 Å². The van der Waals surface area contributed by atoms with Crippen LogP contribution >= 0.6 is 11.6 Å². The van der Waals surface area contributed by atoms with E-state index in [-0.39, 0.29) is 23.2 Å². The number of carbonyl (C=O) groups is 2. The maximum atomic E-state index is 12.9. The average Bonchev–Trinajstić information content (AvgIpc) is 2.46. The van der Waals surface area contributed by atoms with Gasteiger partial charge in [-0.15, -0.1) is 0 Å². The zero-order valence-corrected chi connectivity index (χ0v) is 13.5. The van der Waals surface area contributed by atoms with Gasteiger partial charge in [-0.25, -0.2) is 4.39 Å². The molecule has 0 saturated heterocycles. The molecular formula is C15H20ClFN2O3. The highest BCUT2D eigenvalue weighted by Crippen LogP contribution is 2.22. The molecule has 0 aliphatic heterocycles. The van der Waals surface area contributed by atoms with E-state index in [1.54, 1.807) is 6.92 Å². The van der Waals surface area contributed by atoms with Gasteiger partial charge in [0.05, 0.1) is 16.3 Å². The fraction of sp³-hybridized carbons (Fsp3) is 0.467. The minimum atomic E-state index is -1.11. The predicted molar refractivity (Wildman–Crippen MR) is 83.1 cm³/mol. The fourth-order valence-corrected chi connectivity index (χ4v) is 1.94. The molecule has 0 unspecified atom stereocenters. The molecule has 1 aromatic carbocycles. The standard InChI is InChI=1S/C15H20ClFN2O3/c1-4-9(2)15(3,22)8-18-13(20)14(21)19-12-6-5-10(17)7-11(12)16/h5-7,9,22H,4,8H2,1-3H3,(H,18,20)(H,19,21)/t9-,15+/m1/s1. The molecule has 3 N–H and O–H groups in total. The molecule has 0 heterocycles. The van der Waals surface area contributed by atoms with Crippen LogP contribution in [0.25, 0.3) is 0 Å². The maximum Gasteiger partial charge on any atom is 0.313 e. The first-order valence-electron chi connectivity index (χ1n) is 6.94. The number of benzene rings is 1. The van der Waals surface area contributed by atoms with E-state index in [1.165, 1.54) is 6.07 Å². The van der Waals surface area contributed by atoms with Crippen molar-refractivity contribution < 1.29 is 19.1 Å². The van der Waals surface area contributed by atoms with Crippen molar-refractivity contribution in [3.63, 3.8) is 0 Å². The van der Waals surface area contributed by atoms with E-state index in [1.807, 2.05) is 13.8 Å². The molecule has 122 valence electrons.